The van der Waals surface area contributed by atoms with E-state index in [0.29, 0.717) is 33.2 Å². The minimum atomic E-state index is 0.458. The zero-order valence-corrected chi connectivity index (χ0v) is 37.5. The highest BCUT2D eigenvalue weighted by atomic mass is 16.5. The lowest BCUT2D eigenvalue weighted by molar-refractivity contribution is -0.0274. The van der Waals surface area contributed by atoms with E-state index < -0.39 is 0 Å². The van der Waals surface area contributed by atoms with E-state index >= 15 is 0 Å². The number of pyridine rings is 1. The second-order valence-corrected chi connectivity index (χ2v) is 23.2. The van der Waals surface area contributed by atoms with Crippen molar-refractivity contribution in [2.75, 3.05) is 6.61 Å². The molecule has 1 aromatic carbocycles. The van der Waals surface area contributed by atoms with Crippen molar-refractivity contribution in [3.63, 3.8) is 0 Å². The number of hydrogen-bond acceptors (Lipinski definition) is 2. The maximum atomic E-state index is 5.77. The predicted molar refractivity (Wildman–Crippen MR) is 235 cm³/mol. The summed E-state index contributed by atoms with van der Waals surface area (Å²) in [6, 6.07) is 10.9. The van der Waals surface area contributed by atoms with E-state index in [4.69, 9.17) is 4.74 Å². The highest BCUT2D eigenvalue weighted by Gasteiger charge is 2.43. The summed E-state index contributed by atoms with van der Waals surface area (Å²) in [5, 5.41) is 0. The standard InChI is InChI=1S/C11H18.C11H14.C11H20.C10H13N.C10H18O/c1-11(2)8-4-6-9-5-3-7-10(9)11;1-11(2)7-9-5-3-4-6-10(9)8-11;1-11(2)8-7-9-5-3-4-6-10(9)11;1-10(2)5-8-3-4-11-7-9(8)6-10;1-10(2)6-3-4-8-5-7-11-9(8)10/h3,5,9-10H,4,6-8H2,1-2H3;3-6H,7-8H2,1-2H3;9-10H,3-8H2,1-2H3;3-4,7H,5-6H2,1-2H3;8-9H,3-7H2,1-2H3. The lowest BCUT2D eigenvalue weighted by atomic mass is 9.65. The van der Waals surface area contributed by atoms with Crippen molar-refractivity contribution in [3.8, 4) is 0 Å². The molecule has 55 heavy (non-hydrogen) atoms. The van der Waals surface area contributed by atoms with Gasteiger partial charge in [0.1, 0.15) is 0 Å². The van der Waals surface area contributed by atoms with Crippen molar-refractivity contribution in [1.29, 1.82) is 0 Å². The third-order valence-electron chi connectivity index (χ3n) is 15.9. The van der Waals surface area contributed by atoms with Gasteiger partial charge >= 0.3 is 0 Å². The number of hydrogen-bond donors (Lipinski definition) is 0. The summed E-state index contributed by atoms with van der Waals surface area (Å²) in [6.45, 7) is 24.9. The van der Waals surface area contributed by atoms with Crippen LogP contribution in [0.25, 0.3) is 0 Å². The van der Waals surface area contributed by atoms with Crippen LogP contribution in [-0.4, -0.2) is 17.7 Å². The van der Waals surface area contributed by atoms with Crippen molar-refractivity contribution in [2.24, 2.45) is 56.7 Å². The lowest BCUT2D eigenvalue weighted by Gasteiger charge is -2.40. The summed E-state index contributed by atoms with van der Waals surface area (Å²) in [6.07, 6.45) is 34.5. The second-order valence-electron chi connectivity index (χ2n) is 23.2. The van der Waals surface area contributed by atoms with Gasteiger partial charge in [-0.3, -0.25) is 4.98 Å². The van der Waals surface area contributed by atoms with Crippen LogP contribution in [-0.2, 0) is 30.4 Å². The molecule has 0 N–H and O–H groups in total. The van der Waals surface area contributed by atoms with Gasteiger partial charge in [-0.1, -0.05) is 138 Å². The molecule has 8 aliphatic rings. The van der Waals surface area contributed by atoms with Crippen LogP contribution in [0.3, 0.4) is 0 Å². The first-order valence-electron chi connectivity index (χ1n) is 23.2. The summed E-state index contributed by atoms with van der Waals surface area (Å²) >= 11 is 0. The van der Waals surface area contributed by atoms with Crippen LogP contribution < -0.4 is 0 Å². The van der Waals surface area contributed by atoms with Gasteiger partial charge in [0, 0.05) is 19.0 Å². The molecule has 6 atom stereocenters. The maximum Gasteiger partial charge on any atom is 0.0654 e. The van der Waals surface area contributed by atoms with Crippen LogP contribution >= 0.6 is 0 Å². The van der Waals surface area contributed by atoms with Crippen molar-refractivity contribution < 1.29 is 4.74 Å². The highest BCUT2D eigenvalue weighted by molar-refractivity contribution is 5.33. The molecular weight excluding hydrogens is 667 g/mol. The largest absolute Gasteiger partial charge is 0.377 e. The minimum absolute atomic E-state index is 0.458. The van der Waals surface area contributed by atoms with Crippen molar-refractivity contribution in [2.45, 2.75) is 191 Å². The van der Waals surface area contributed by atoms with E-state index in [1.165, 1.54) is 127 Å². The average Bonchev–Trinajstić information content (AvgIpc) is 3.95. The monoisotopic (exact) mass is 750 g/mol. The molecule has 1 aliphatic heterocycles. The molecular formula is C53H83NO. The van der Waals surface area contributed by atoms with Gasteiger partial charge in [0.25, 0.3) is 0 Å². The van der Waals surface area contributed by atoms with Gasteiger partial charge in [0.2, 0.25) is 0 Å². The molecule has 2 aromatic rings. The first-order chi connectivity index (χ1) is 25.9. The molecule has 0 radical (unpaired) electrons. The Labute approximate surface area is 339 Å². The number of aromatic nitrogens is 1. The minimum Gasteiger partial charge on any atom is -0.377 e. The van der Waals surface area contributed by atoms with Crippen molar-refractivity contribution in [1.82, 2.24) is 4.98 Å². The molecule has 0 bridgehead atoms. The summed E-state index contributed by atoms with van der Waals surface area (Å²) in [4.78, 5) is 4.12. The fourth-order valence-electron chi connectivity index (χ4n) is 12.8. The first kappa shape index (κ1) is 42.7. The average molecular weight is 750 g/mol. The van der Waals surface area contributed by atoms with Crippen molar-refractivity contribution >= 4 is 0 Å². The van der Waals surface area contributed by atoms with Crippen molar-refractivity contribution in [3.05, 3.63) is 77.1 Å². The fourth-order valence-corrected chi connectivity index (χ4v) is 12.8. The Kier molecular flexibility index (Phi) is 13.6. The molecule has 2 heterocycles. The quantitative estimate of drug-likeness (QED) is 0.250. The number of rotatable bonds is 0. The predicted octanol–water partition coefficient (Wildman–Crippen LogP) is 14.6. The number of fused-ring (bicyclic) bond motifs is 5. The van der Waals surface area contributed by atoms with Crippen LogP contribution in [0.1, 0.15) is 181 Å². The third kappa shape index (κ3) is 11.0. The zero-order chi connectivity index (χ0) is 39.5. The van der Waals surface area contributed by atoms with Gasteiger partial charge in [-0.05, 0) is 168 Å². The van der Waals surface area contributed by atoms with E-state index in [1.54, 1.807) is 11.1 Å². The van der Waals surface area contributed by atoms with E-state index in [0.717, 1.165) is 36.2 Å². The van der Waals surface area contributed by atoms with Crippen LogP contribution in [0.4, 0.5) is 0 Å². The number of ether oxygens (including phenoxy) is 1. The topological polar surface area (TPSA) is 22.1 Å². The van der Waals surface area contributed by atoms with E-state index in [-0.39, 0.29) is 0 Å². The lowest BCUT2D eigenvalue weighted by Crippen LogP contribution is -2.37. The Bertz CT molecular complexity index is 1430. The van der Waals surface area contributed by atoms with Crippen LogP contribution in [0.2, 0.25) is 0 Å². The van der Waals surface area contributed by atoms with Gasteiger partial charge in [-0.2, -0.15) is 0 Å². The Morgan fingerprint density at radius 2 is 1.13 bits per heavy atom. The molecule has 0 spiro atoms. The Hall–Kier alpha value is -1.93. The van der Waals surface area contributed by atoms with Crippen LogP contribution in [0.15, 0.2) is 54.9 Å². The molecule has 2 nitrogen and oxygen atoms in total. The highest BCUT2D eigenvalue weighted by Crippen LogP contribution is 2.53. The molecule has 0 amide bonds. The molecule has 10 rings (SSSR count). The van der Waals surface area contributed by atoms with E-state index in [9.17, 15) is 0 Å². The molecule has 1 aromatic heterocycles. The summed E-state index contributed by atoms with van der Waals surface area (Å²) in [5.41, 5.74) is 8.77. The first-order valence-corrected chi connectivity index (χ1v) is 23.2. The molecule has 5 fully saturated rings. The summed E-state index contributed by atoms with van der Waals surface area (Å²) in [7, 11) is 0. The molecule has 1 saturated heterocycles. The maximum absolute atomic E-state index is 5.77. The normalized spacial score (nSPS) is 32.8. The van der Waals surface area contributed by atoms with Gasteiger partial charge < -0.3 is 4.74 Å². The second kappa shape index (κ2) is 17.5. The molecule has 7 aliphatic carbocycles. The summed E-state index contributed by atoms with van der Waals surface area (Å²) in [5.74, 6) is 4.98. The zero-order valence-electron chi connectivity index (χ0n) is 37.5. The van der Waals surface area contributed by atoms with Gasteiger partial charge in [-0.15, -0.1) is 0 Å². The van der Waals surface area contributed by atoms with Crippen LogP contribution in [0, 0.1) is 56.7 Å². The van der Waals surface area contributed by atoms with Gasteiger partial charge in [-0.25, -0.2) is 0 Å². The van der Waals surface area contributed by atoms with Crippen LogP contribution in [0.5, 0.6) is 0 Å². The van der Waals surface area contributed by atoms with E-state index in [1.807, 2.05) is 12.4 Å². The molecule has 4 saturated carbocycles. The third-order valence-corrected chi connectivity index (χ3v) is 15.9. The SMILES string of the molecule is CC1(C)CCC2CCCCC21.CC1(C)CCCC2C=CCC21.CC1(C)CCCC2CCOC21.CC1(C)Cc2ccccc2C1.CC1(C)Cc2ccncc2C1. The number of nitrogens with zero attached hydrogens (tertiary/aromatic N) is 1. The summed E-state index contributed by atoms with van der Waals surface area (Å²) < 4.78 is 5.77. The Morgan fingerprint density at radius 1 is 0.545 bits per heavy atom. The Morgan fingerprint density at radius 3 is 1.76 bits per heavy atom. The van der Waals surface area contributed by atoms with Gasteiger partial charge in [0.05, 0.1) is 6.10 Å². The fraction of sp³-hybridized carbons (Fsp3) is 0.755. The Balaban J connectivity index is 0.000000117. The molecule has 306 valence electrons. The smallest absolute Gasteiger partial charge is 0.0654 e. The van der Waals surface area contributed by atoms with Gasteiger partial charge in [0.15, 0.2) is 0 Å². The number of benzene rings is 1. The molecule has 6 unspecified atom stereocenters. The molecule has 2 heteroatoms. The van der Waals surface area contributed by atoms with E-state index in [2.05, 4.69) is 117 Å². The number of allylic oxidation sites excluding steroid dienone is 2.